The molecule has 0 amide bonds. The number of aromatic nitrogens is 5. The number of alkyl halides is 6. The van der Waals surface area contributed by atoms with E-state index in [9.17, 15) is 31.4 Å². The van der Waals surface area contributed by atoms with Crippen LogP contribution in [0.5, 0.6) is 0 Å². The molecule has 0 saturated carbocycles. The van der Waals surface area contributed by atoms with E-state index in [2.05, 4.69) is 30.2 Å². The first kappa shape index (κ1) is 25.4. The summed E-state index contributed by atoms with van der Waals surface area (Å²) in [6.45, 7) is 0.542. The molecule has 2 N–H and O–H groups in total. The summed E-state index contributed by atoms with van der Waals surface area (Å²) in [6, 6.07) is 5.19. The number of anilines is 3. The van der Waals surface area contributed by atoms with Gasteiger partial charge in [-0.25, -0.2) is 4.98 Å². The van der Waals surface area contributed by atoms with Gasteiger partial charge in [0.25, 0.3) is 0 Å². The monoisotopic (exact) mass is 505 g/mol. The predicted octanol–water partition coefficient (Wildman–Crippen LogP) is 3.79. The number of hydrogen-bond acceptors (Lipinski definition) is 8. The van der Waals surface area contributed by atoms with Crippen molar-refractivity contribution in [3.8, 4) is 11.5 Å². The number of aliphatic hydroxyl groups is 1. The lowest BCUT2D eigenvalue weighted by molar-refractivity contribution is -0.141. The van der Waals surface area contributed by atoms with E-state index in [0.29, 0.717) is 13.0 Å². The van der Waals surface area contributed by atoms with Crippen molar-refractivity contribution >= 4 is 31.1 Å². The number of rotatable bonds is 4. The highest BCUT2D eigenvalue weighted by Gasteiger charge is 2.34. The van der Waals surface area contributed by atoms with E-state index >= 15 is 0 Å². The maximum absolute atomic E-state index is 13.1. The van der Waals surface area contributed by atoms with E-state index in [-0.39, 0.29) is 49.1 Å². The summed E-state index contributed by atoms with van der Waals surface area (Å²) in [5.41, 5.74) is -2.55. The summed E-state index contributed by atoms with van der Waals surface area (Å²) in [4.78, 5) is 20.8. The van der Waals surface area contributed by atoms with E-state index in [1.165, 1.54) is 12.1 Å². The number of nitrogens with zero attached hydrogens (tertiary/aromatic N) is 6. The SMILES string of the molecule is O[C@H]1CCN(c2nc(Nc3ccnc(C(F)(F)F)c3)nc(-c3cccc(C(F)(F)F)n3)n2)C1.S. The van der Waals surface area contributed by atoms with Gasteiger partial charge in [0, 0.05) is 25.0 Å². The van der Waals surface area contributed by atoms with Crippen LogP contribution in [0.25, 0.3) is 11.5 Å². The number of aliphatic hydroxyl groups excluding tert-OH is 1. The Kier molecular flexibility index (Phi) is 7.16. The molecular weight excluding hydrogens is 488 g/mol. The number of hydrogen-bond donors (Lipinski definition) is 2. The highest BCUT2D eigenvalue weighted by molar-refractivity contribution is 7.59. The molecule has 0 spiro atoms. The fraction of sp³-hybridized carbons (Fsp3) is 0.316. The average Bonchev–Trinajstić information content (AvgIpc) is 3.19. The molecule has 3 aromatic heterocycles. The fourth-order valence-corrected chi connectivity index (χ4v) is 3.11. The van der Waals surface area contributed by atoms with Crippen LogP contribution in [0, 0.1) is 0 Å². The molecule has 8 nitrogen and oxygen atoms in total. The standard InChI is InChI=1S/C19H15F6N7O.H2S/c20-18(21,22)13-3-1-2-12(28-13)15-29-16(31-17(30-15)32-7-5-11(33)9-32)27-10-4-6-26-14(8-10)19(23,24)25;/h1-4,6,8,11,33H,5,7,9H2,(H,26,27,29,30,31);1H2/t11-;/m0./s1. The second-order valence-corrected chi connectivity index (χ2v) is 7.13. The van der Waals surface area contributed by atoms with Crippen LogP contribution in [0.4, 0.5) is 43.9 Å². The minimum Gasteiger partial charge on any atom is -0.391 e. The van der Waals surface area contributed by atoms with Crippen molar-refractivity contribution in [1.82, 2.24) is 24.9 Å². The molecule has 15 heteroatoms. The highest BCUT2D eigenvalue weighted by Crippen LogP contribution is 2.31. The van der Waals surface area contributed by atoms with Crippen molar-refractivity contribution < 1.29 is 31.4 Å². The Hall–Kier alpha value is -3.20. The summed E-state index contributed by atoms with van der Waals surface area (Å²) >= 11 is 0. The van der Waals surface area contributed by atoms with Crippen LogP contribution in [-0.4, -0.2) is 49.2 Å². The van der Waals surface area contributed by atoms with Crippen molar-refractivity contribution in [2.45, 2.75) is 24.9 Å². The molecule has 1 atom stereocenters. The molecule has 1 fully saturated rings. The van der Waals surface area contributed by atoms with Crippen LogP contribution in [0.2, 0.25) is 0 Å². The van der Waals surface area contributed by atoms with Crippen molar-refractivity contribution in [3.63, 3.8) is 0 Å². The number of pyridine rings is 2. The zero-order valence-electron chi connectivity index (χ0n) is 17.1. The molecule has 4 rings (SSSR count). The third-order valence-electron chi connectivity index (χ3n) is 4.64. The summed E-state index contributed by atoms with van der Waals surface area (Å²) in [5.74, 6) is -0.404. The second-order valence-electron chi connectivity index (χ2n) is 7.13. The normalized spacial score (nSPS) is 16.3. The Morgan fingerprint density at radius 3 is 2.32 bits per heavy atom. The van der Waals surface area contributed by atoms with Gasteiger partial charge in [-0.1, -0.05) is 6.07 Å². The lowest BCUT2D eigenvalue weighted by atomic mass is 10.3. The topological polar surface area (TPSA) is 100.0 Å². The van der Waals surface area contributed by atoms with Gasteiger partial charge in [-0.3, -0.25) is 4.98 Å². The predicted molar refractivity (Wildman–Crippen MR) is 114 cm³/mol. The fourth-order valence-electron chi connectivity index (χ4n) is 3.11. The lowest BCUT2D eigenvalue weighted by Gasteiger charge is -2.17. The first-order chi connectivity index (χ1) is 15.5. The van der Waals surface area contributed by atoms with Gasteiger partial charge in [-0.15, -0.1) is 0 Å². The van der Waals surface area contributed by atoms with Gasteiger partial charge in [0.2, 0.25) is 11.9 Å². The third kappa shape index (κ3) is 5.83. The summed E-state index contributed by atoms with van der Waals surface area (Å²) in [7, 11) is 0. The average molecular weight is 505 g/mol. The molecule has 0 aliphatic carbocycles. The van der Waals surface area contributed by atoms with Crippen LogP contribution >= 0.6 is 13.5 Å². The summed E-state index contributed by atoms with van der Waals surface area (Å²) in [6.07, 6.45) is -8.66. The molecule has 1 aliphatic heterocycles. The smallest absolute Gasteiger partial charge is 0.391 e. The van der Waals surface area contributed by atoms with Crippen LogP contribution in [0.15, 0.2) is 36.5 Å². The summed E-state index contributed by atoms with van der Waals surface area (Å²) < 4.78 is 78.2. The zero-order valence-corrected chi connectivity index (χ0v) is 18.1. The number of β-amino-alcohol motifs (C(OH)–C–C–N with tert-alkyl or cyclic N) is 1. The molecule has 0 bridgehead atoms. The minimum atomic E-state index is -4.70. The zero-order chi connectivity index (χ0) is 23.8. The molecule has 0 aromatic carbocycles. The van der Waals surface area contributed by atoms with Crippen LogP contribution < -0.4 is 10.2 Å². The molecule has 4 heterocycles. The molecule has 34 heavy (non-hydrogen) atoms. The van der Waals surface area contributed by atoms with Crippen LogP contribution in [0.1, 0.15) is 17.8 Å². The number of nitrogens with one attached hydrogen (secondary N) is 1. The van der Waals surface area contributed by atoms with E-state index in [4.69, 9.17) is 0 Å². The summed E-state index contributed by atoms with van der Waals surface area (Å²) in [5, 5.41) is 12.4. The van der Waals surface area contributed by atoms with Crippen molar-refractivity contribution in [2.75, 3.05) is 23.3 Å². The number of halogens is 6. The third-order valence-corrected chi connectivity index (χ3v) is 4.64. The van der Waals surface area contributed by atoms with E-state index in [0.717, 1.165) is 24.4 Å². The van der Waals surface area contributed by atoms with Gasteiger partial charge < -0.3 is 15.3 Å². The molecular formula is C19H17F6N7OS. The Bertz CT molecular complexity index is 1160. The first-order valence-electron chi connectivity index (χ1n) is 9.53. The van der Waals surface area contributed by atoms with E-state index < -0.39 is 29.8 Å². The van der Waals surface area contributed by atoms with Gasteiger partial charge in [-0.05, 0) is 30.7 Å². The molecule has 1 saturated heterocycles. The Morgan fingerprint density at radius 2 is 1.68 bits per heavy atom. The largest absolute Gasteiger partial charge is 0.433 e. The highest BCUT2D eigenvalue weighted by atomic mass is 32.1. The van der Waals surface area contributed by atoms with Gasteiger partial charge >= 0.3 is 12.4 Å². The van der Waals surface area contributed by atoms with Gasteiger partial charge in [0.1, 0.15) is 17.1 Å². The quantitative estimate of drug-likeness (QED) is 0.517. The molecule has 182 valence electrons. The molecule has 0 unspecified atom stereocenters. The Morgan fingerprint density at radius 1 is 0.941 bits per heavy atom. The van der Waals surface area contributed by atoms with Gasteiger partial charge in [0.15, 0.2) is 5.82 Å². The Labute approximate surface area is 195 Å². The maximum atomic E-state index is 13.1. The van der Waals surface area contributed by atoms with Crippen molar-refractivity contribution in [2.24, 2.45) is 0 Å². The van der Waals surface area contributed by atoms with E-state index in [1.54, 1.807) is 4.90 Å². The van der Waals surface area contributed by atoms with Crippen molar-refractivity contribution in [3.05, 3.63) is 47.9 Å². The Balaban J connectivity index is 0.00000324. The van der Waals surface area contributed by atoms with Crippen molar-refractivity contribution in [1.29, 1.82) is 0 Å². The van der Waals surface area contributed by atoms with Crippen LogP contribution in [-0.2, 0) is 12.4 Å². The maximum Gasteiger partial charge on any atom is 0.433 e. The molecule has 1 aliphatic rings. The lowest BCUT2D eigenvalue weighted by Crippen LogP contribution is -2.24. The van der Waals surface area contributed by atoms with E-state index in [1.807, 2.05) is 0 Å². The minimum absolute atomic E-state index is 0. The molecule has 3 aromatic rings. The second kappa shape index (κ2) is 9.58. The van der Waals surface area contributed by atoms with Gasteiger partial charge in [0.05, 0.1) is 6.10 Å². The van der Waals surface area contributed by atoms with Gasteiger partial charge in [-0.2, -0.15) is 54.8 Å². The molecule has 0 radical (unpaired) electrons. The van der Waals surface area contributed by atoms with Crippen LogP contribution in [0.3, 0.4) is 0 Å². The first-order valence-corrected chi connectivity index (χ1v) is 9.53.